The Hall–Kier alpha value is -2.28. The summed E-state index contributed by atoms with van der Waals surface area (Å²) in [6.07, 6.45) is 3.67. The number of amides is 1. The van der Waals surface area contributed by atoms with E-state index in [1.807, 2.05) is 6.92 Å². The summed E-state index contributed by atoms with van der Waals surface area (Å²) in [5.74, 6) is 1.23. The Labute approximate surface area is 140 Å². The Morgan fingerprint density at radius 2 is 2.17 bits per heavy atom. The predicted octanol–water partition coefficient (Wildman–Crippen LogP) is 2.81. The van der Waals surface area contributed by atoms with E-state index in [9.17, 15) is 9.18 Å². The number of hydrogen-bond donors (Lipinski definition) is 2. The molecule has 24 heavy (non-hydrogen) atoms. The first-order chi connectivity index (χ1) is 11.6. The Bertz CT molecular complexity index is 685. The smallest absolute Gasteiger partial charge is 0.225 e. The molecular weight excluding hydrogens is 309 g/mol. The summed E-state index contributed by atoms with van der Waals surface area (Å²) in [5.41, 5.74) is 0.612. The van der Waals surface area contributed by atoms with Crippen molar-refractivity contribution in [2.24, 2.45) is 0 Å². The highest BCUT2D eigenvalue weighted by Gasteiger charge is 2.27. The van der Waals surface area contributed by atoms with Gasteiger partial charge in [0.05, 0.1) is 6.04 Å². The van der Waals surface area contributed by atoms with Crippen molar-refractivity contribution in [3.05, 3.63) is 41.7 Å². The molecule has 7 heteroatoms. The number of aromatic nitrogens is 3. The second kappa shape index (κ2) is 7.53. The number of piperidine rings is 1. The molecule has 0 spiro atoms. The van der Waals surface area contributed by atoms with Crippen molar-refractivity contribution in [3.8, 4) is 0 Å². The van der Waals surface area contributed by atoms with Crippen LogP contribution in [0.25, 0.3) is 0 Å². The highest BCUT2D eigenvalue weighted by molar-refractivity contribution is 5.90. The molecule has 0 unspecified atom stereocenters. The Morgan fingerprint density at radius 3 is 2.88 bits per heavy atom. The van der Waals surface area contributed by atoms with Crippen LogP contribution < -0.4 is 5.32 Å². The maximum absolute atomic E-state index is 12.9. The van der Waals surface area contributed by atoms with E-state index < -0.39 is 0 Å². The zero-order chi connectivity index (χ0) is 16.9. The van der Waals surface area contributed by atoms with Gasteiger partial charge in [-0.3, -0.25) is 14.8 Å². The molecule has 1 saturated heterocycles. The number of hydrogen-bond acceptors (Lipinski definition) is 4. The minimum Gasteiger partial charge on any atom is -0.326 e. The van der Waals surface area contributed by atoms with Crippen molar-refractivity contribution >= 4 is 11.6 Å². The van der Waals surface area contributed by atoms with E-state index >= 15 is 0 Å². The van der Waals surface area contributed by atoms with E-state index in [1.165, 1.54) is 12.1 Å². The van der Waals surface area contributed by atoms with Gasteiger partial charge in [-0.25, -0.2) is 9.37 Å². The van der Waals surface area contributed by atoms with E-state index in [2.05, 4.69) is 25.4 Å². The summed E-state index contributed by atoms with van der Waals surface area (Å²) in [4.78, 5) is 18.8. The molecule has 0 bridgehead atoms. The number of H-pyrrole nitrogens is 1. The number of halogens is 1. The fraction of sp³-hybridized carbons (Fsp3) is 0.471. The van der Waals surface area contributed by atoms with Crippen LogP contribution in [-0.4, -0.2) is 39.1 Å². The van der Waals surface area contributed by atoms with Crippen LogP contribution in [0.2, 0.25) is 0 Å². The third-order valence-corrected chi connectivity index (χ3v) is 4.28. The molecule has 0 radical (unpaired) electrons. The minimum atomic E-state index is -0.314. The van der Waals surface area contributed by atoms with Crippen molar-refractivity contribution < 1.29 is 9.18 Å². The van der Waals surface area contributed by atoms with E-state index in [1.54, 1.807) is 12.1 Å². The first kappa shape index (κ1) is 16.6. The Kier molecular flexibility index (Phi) is 5.20. The van der Waals surface area contributed by atoms with Gasteiger partial charge >= 0.3 is 0 Å². The van der Waals surface area contributed by atoms with Gasteiger partial charge in [0.25, 0.3) is 0 Å². The molecule has 2 heterocycles. The fourth-order valence-electron chi connectivity index (χ4n) is 3.06. The van der Waals surface area contributed by atoms with Gasteiger partial charge in [0.15, 0.2) is 5.82 Å². The molecule has 1 aromatic heterocycles. The van der Waals surface area contributed by atoms with Crippen LogP contribution in [0.3, 0.4) is 0 Å². The molecule has 1 amide bonds. The lowest BCUT2D eigenvalue weighted by atomic mass is 10.0. The molecule has 1 fully saturated rings. The largest absolute Gasteiger partial charge is 0.326 e. The number of likely N-dealkylation sites (tertiary alicyclic amines) is 1. The van der Waals surface area contributed by atoms with Crippen molar-refractivity contribution in [3.63, 3.8) is 0 Å². The summed E-state index contributed by atoms with van der Waals surface area (Å²) < 4.78 is 12.9. The number of aryl methyl sites for hydroxylation is 1. The lowest BCUT2D eigenvalue weighted by Crippen LogP contribution is -2.36. The van der Waals surface area contributed by atoms with Crippen LogP contribution in [0.1, 0.15) is 43.4 Å². The molecule has 3 rings (SSSR count). The number of nitrogens with zero attached hydrogens (tertiary/aromatic N) is 3. The molecule has 0 saturated carbocycles. The molecule has 1 atom stereocenters. The van der Waals surface area contributed by atoms with Gasteiger partial charge < -0.3 is 5.32 Å². The van der Waals surface area contributed by atoms with E-state index in [0.29, 0.717) is 18.7 Å². The number of rotatable bonds is 5. The van der Waals surface area contributed by atoms with E-state index in [0.717, 1.165) is 37.5 Å². The SMILES string of the molecule is Cc1nc([C@H]2CCCCN2CCC(=O)Nc2ccc(F)cc2)n[nH]1. The monoisotopic (exact) mass is 331 g/mol. The lowest BCUT2D eigenvalue weighted by Gasteiger charge is -2.33. The number of anilines is 1. The van der Waals surface area contributed by atoms with Gasteiger partial charge in [0.1, 0.15) is 11.6 Å². The first-order valence-electron chi connectivity index (χ1n) is 8.30. The molecule has 2 aromatic rings. The van der Waals surface area contributed by atoms with Crippen LogP contribution in [0.15, 0.2) is 24.3 Å². The quantitative estimate of drug-likeness (QED) is 0.883. The molecule has 6 nitrogen and oxygen atoms in total. The standard InChI is InChI=1S/C17H22FN5O/c1-12-19-17(22-21-12)15-4-2-3-10-23(15)11-9-16(24)20-14-7-5-13(18)6-8-14/h5-8,15H,2-4,9-11H2,1H3,(H,20,24)(H,19,21,22)/t15-/m1/s1. The van der Waals surface area contributed by atoms with Crippen molar-refractivity contribution in [2.45, 2.75) is 38.6 Å². The molecule has 0 aliphatic carbocycles. The van der Waals surface area contributed by atoms with Crippen LogP contribution in [-0.2, 0) is 4.79 Å². The van der Waals surface area contributed by atoms with Crippen LogP contribution >= 0.6 is 0 Å². The van der Waals surface area contributed by atoms with E-state index in [4.69, 9.17) is 0 Å². The second-order valence-corrected chi connectivity index (χ2v) is 6.13. The molecule has 2 N–H and O–H groups in total. The number of carbonyl (C=O) groups is 1. The average Bonchev–Trinajstić information content (AvgIpc) is 3.02. The molecule has 1 aromatic carbocycles. The third kappa shape index (κ3) is 4.17. The zero-order valence-corrected chi connectivity index (χ0v) is 13.8. The highest BCUT2D eigenvalue weighted by Crippen LogP contribution is 2.28. The van der Waals surface area contributed by atoms with E-state index in [-0.39, 0.29) is 17.8 Å². The minimum absolute atomic E-state index is 0.0721. The summed E-state index contributed by atoms with van der Waals surface area (Å²) in [7, 11) is 0. The van der Waals surface area contributed by atoms with Crippen LogP contribution in [0.5, 0.6) is 0 Å². The normalized spacial score (nSPS) is 18.5. The van der Waals surface area contributed by atoms with Crippen molar-refractivity contribution in [1.29, 1.82) is 0 Å². The highest BCUT2D eigenvalue weighted by atomic mass is 19.1. The second-order valence-electron chi connectivity index (χ2n) is 6.13. The predicted molar refractivity (Wildman–Crippen MR) is 88.9 cm³/mol. The Morgan fingerprint density at radius 1 is 1.38 bits per heavy atom. The number of nitrogens with one attached hydrogen (secondary N) is 2. The van der Waals surface area contributed by atoms with Crippen molar-refractivity contribution in [1.82, 2.24) is 20.1 Å². The first-order valence-corrected chi connectivity index (χ1v) is 8.30. The number of carbonyl (C=O) groups excluding carboxylic acids is 1. The van der Waals surface area contributed by atoms with Crippen LogP contribution in [0.4, 0.5) is 10.1 Å². The Balaban J connectivity index is 1.55. The maximum atomic E-state index is 12.9. The summed E-state index contributed by atoms with van der Waals surface area (Å²) >= 11 is 0. The zero-order valence-electron chi connectivity index (χ0n) is 13.8. The van der Waals surface area contributed by atoms with Gasteiger partial charge in [-0.2, -0.15) is 5.10 Å². The number of aromatic amines is 1. The van der Waals surface area contributed by atoms with Crippen molar-refractivity contribution in [2.75, 3.05) is 18.4 Å². The van der Waals surface area contributed by atoms with Gasteiger partial charge in [0, 0.05) is 18.7 Å². The third-order valence-electron chi connectivity index (χ3n) is 4.28. The fourth-order valence-corrected chi connectivity index (χ4v) is 3.06. The summed E-state index contributed by atoms with van der Waals surface area (Å²) in [6.45, 7) is 3.49. The average molecular weight is 331 g/mol. The van der Waals surface area contributed by atoms with Gasteiger partial charge in [-0.05, 0) is 50.6 Å². The van der Waals surface area contributed by atoms with Gasteiger partial charge in [0.2, 0.25) is 5.91 Å². The summed E-state index contributed by atoms with van der Waals surface area (Å²) in [5, 5.41) is 9.97. The topological polar surface area (TPSA) is 73.9 Å². The molecular formula is C17H22FN5O. The summed E-state index contributed by atoms with van der Waals surface area (Å²) in [6, 6.07) is 5.96. The maximum Gasteiger partial charge on any atom is 0.225 e. The van der Waals surface area contributed by atoms with Crippen LogP contribution in [0, 0.1) is 12.7 Å². The molecule has 128 valence electrons. The molecule has 1 aliphatic heterocycles. The lowest BCUT2D eigenvalue weighted by molar-refractivity contribution is -0.116. The molecule has 1 aliphatic rings. The van der Waals surface area contributed by atoms with Gasteiger partial charge in [-0.1, -0.05) is 6.42 Å². The number of benzene rings is 1. The van der Waals surface area contributed by atoms with Gasteiger partial charge in [-0.15, -0.1) is 0 Å².